The van der Waals surface area contributed by atoms with Crippen molar-refractivity contribution < 1.29 is 68.1 Å². The number of phosphoric ester groups is 2. The van der Waals surface area contributed by atoms with Gasteiger partial charge in [-0.2, -0.15) is 0 Å². The van der Waals surface area contributed by atoms with Crippen molar-refractivity contribution >= 4 is 21.6 Å². The molecule has 0 fully saturated rings. The molecule has 22 heavy (non-hydrogen) atoms. The quantitative estimate of drug-likeness (QED) is 0.144. The Hall–Kier alpha value is -0.470. The molecular weight excluding hydrogens is 358 g/mol. The summed E-state index contributed by atoms with van der Waals surface area (Å²) in [6.45, 7) is 0. The molecule has 0 saturated heterocycles. The average Bonchev–Trinajstić information content (AvgIpc) is 2.30. The maximum absolute atomic E-state index is 11.0. The molecular formula is C6H14O14P2. The summed E-state index contributed by atoms with van der Waals surface area (Å²) in [5, 5.41) is 46.0. The summed E-state index contributed by atoms with van der Waals surface area (Å²) in [6, 6.07) is 0. The van der Waals surface area contributed by atoms with Crippen molar-refractivity contribution in [3.05, 3.63) is 0 Å². The Morgan fingerprint density at radius 1 is 0.773 bits per heavy atom. The Morgan fingerprint density at radius 3 is 1.59 bits per heavy atom. The molecule has 0 aromatic heterocycles. The lowest BCUT2D eigenvalue weighted by Crippen LogP contribution is -2.51. The van der Waals surface area contributed by atoms with E-state index >= 15 is 0 Å². The number of aliphatic hydroxyl groups is 5. The maximum Gasteiger partial charge on any atom is 0.527 e. The molecule has 14 nitrogen and oxygen atoms in total. The van der Waals surface area contributed by atoms with Crippen molar-refractivity contribution in [2.24, 2.45) is 0 Å². The van der Waals surface area contributed by atoms with Crippen LogP contribution in [0.25, 0.3) is 0 Å². The van der Waals surface area contributed by atoms with Gasteiger partial charge in [-0.05, 0) is 0 Å². The molecule has 0 aromatic rings. The summed E-state index contributed by atoms with van der Waals surface area (Å²) in [5.41, 5.74) is 0. The number of hydrogen-bond donors (Lipinski definition) is 9. The van der Waals surface area contributed by atoms with Crippen LogP contribution in [0, 0.1) is 0 Å². The third-order valence-electron chi connectivity index (χ3n) is 2.01. The van der Waals surface area contributed by atoms with Crippen LogP contribution in [-0.2, 0) is 23.0 Å². The van der Waals surface area contributed by atoms with E-state index in [2.05, 4.69) is 9.05 Å². The van der Waals surface area contributed by atoms with Crippen LogP contribution < -0.4 is 0 Å². The number of phosphoric acid groups is 2. The highest BCUT2D eigenvalue weighted by molar-refractivity contribution is 7.47. The minimum Gasteiger partial charge on any atom is -0.387 e. The van der Waals surface area contributed by atoms with Gasteiger partial charge in [-0.15, -0.1) is 0 Å². The lowest BCUT2D eigenvalue weighted by atomic mass is 10.0. The van der Waals surface area contributed by atoms with E-state index in [1.54, 1.807) is 0 Å². The molecule has 0 aliphatic carbocycles. The van der Waals surface area contributed by atoms with E-state index in [4.69, 9.17) is 29.8 Å². The molecule has 16 heteroatoms. The third kappa shape index (κ3) is 7.69. The Balaban J connectivity index is 4.83. The SMILES string of the molecule is O=C(OP(=O)(O)O)[C@H](O)[C@H](O)[C@@H](O)[C@@H](O)C(O)OP(=O)(O)O. The van der Waals surface area contributed by atoms with Gasteiger partial charge in [-0.1, -0.05) is 0 Å². The zero-order valence-electron chi connectivity index (χ0n) is 10.3. The second kappa shape index (κ2) is 7.88. The second-order valence-electron chi connectivity index (χ2n) is 3.80. The van der Waals surface area contributed by atoms with Crippen LogP contribution in [0.3, 0.4) is 0 Å². The van der Waals surface area contributed by atoms with Gasteiger partial charge in [-0.25, -0.2) is 13.9 Å². The van der Waals surface area contributed by atoms with E-state index in [-0.39, 0.29) is 0 Å². The van der Waals surface area contributed by atoms with Crippen LogP contribution in [0.2, 0.25) is 0 Å². The molecule has 0 amide bonds. The van der Waals surface area contributed by atoms with Crippen LogP contribution in [0.4, 0.5) is 0 Å². The van der Waals surface area contributed by atoms with E-state index in [1.165, 1.54) is 0 Å². The standard InChI is InChI=1S/C6H14O14P2/c7-1(3(9)5(11)19-21(13,14)15)2(8)4(10)6(12)20-22(16,17)18/h1-5,7-11H,(H2,13,14,15)(H2,16,17,18)/t1-,2-,3-,4-,5?/m1/s1. The fourth-order valence-corrected chi connectivity index (χ4v) is 1.82. The van der Waals surface area contributed by atoms with Crippen LogP contribution in [0.1, 0.15) is 0 Å². The smallest absolute Gasteiger partial charge is 0.387 e. The summed E-state index contributed by atoms with van der Waals surface area (Å²) in [4.78, 5) is 44.3. The summed E-state index contributed by atoms with van der Waals surface area (Å²) >= 11 is 0. The lowest BCUT2D eigenvalue weighted by molar-refractivity contribution is -0.189. The molecule has 0 saturated carbocycles. The van der Waals surface area contributed by atoms with Crippen molar-refractivity contribution in [1.82, 2.24) is 0 Å². The molecule has 0 radical (unpaired) electrons. The maximum atomic E-state index is 11.0. The van der Waals surface area contributed by atoms with E-state index in [9.17, 15) is 29.2 Å². The molecule has 132 valence electrons. The van der Waals surface area contributed by atoms with Crippen molar-refractivity contribution in [1.29, 1.82) is 0 Å². The van der Waals surface area contributed by atoms with Gasteiger partial charge in [-0.3, -0.25) is 14.3 Å². The summed E-state index contributed by atoms with van der Waals surface area (Å²) < 4.78 is 27.7. The minimum atomic E-state index is -5.36. The predicted molar refractivity (Wildman–Crippen MR) is 61.3 cm³/mol. The number of carbonyl (C=O) groups is 1. The molecule has 0 aliphatic rings. The highest BCUT2D eigenvalue weighted by atomic mass is 31.2. The van der Waals surface area contributed by atoms with Crippen molar-refractivity contribution in [3.8, 4) is 0 Å². The van der Waals surface area contributed by atoms with Crippen LogP contribution >= 0.6 is 15.6 Å². The van der Waals surface area contributed by atoms with E-state index in [1.807, 2.05) is 0 Å². The van der Waals surface area contributed by atoms with Crippen molar-refractivity contribution in [2.45, 2.75) is 30.7 Å². The normalized spacial score (nSPS) is 19.9. The highest BCUT2D eigenvalue weighted by Gasteiger charge is 2.41. The molecule has 0 rings (SSSR count). The van der Waals surface area contributed by atoms with Gasteiger partial charge in [0.15, 0.2) is 12.4 Å². The summed E-state index contributed by atoms with van der Waals surface area (Å²) in [6.07, 6.45) is -13.4. The predicted octanol–water partition coefficient (Wildman–Crippen LogP) is -4.51. The molecule has 0 bridgehead atoms. The largest absolute Gasteiger partial charge is 0.527 e. The highest BCUT2D eigenvalue weighted by Crippen LogP contribution is 2.38. The van der Waals surface area contributed by atoms with Gasteiger partial charge < -0.3 is 39.8 Å². The first-order valence-corrected chi connectivity index (χ1v) is 8.15. The lowest BCUT2D eigenvalue weighted by Gasteiger charge is -2.28. The number of rotatable bonds is 8. The van der Waals surface area contributed by atoms with Crippen LogP contribution in [0.15, 0.2) is 0 Å². The number of aliphatic hydroxyl groups excluding tert-OH is 5. The molecule has 0 aromatic carbocycles. The van der Waals surface area contributed by atoms with Gasteiger partial charge in [0.05, 0.1) is 0 Å². The average molecular weight is 372 g/mol. The second-order valence-corrected chi connectivity index (χ2v) is 6.16. The molecule has 9 N–H and O–H groups in total. The Labute approximate surface area is 121 Å². The summed E-state index contributed by atoms with van der Waals surface area (Å²) in [5.74, 6) is -2.07. The first-order chi connectivity index (χ1) is 9.65. The van der Waals surface area contributed by atoms with E-state index < -0.39 is 52.3 Å². The minimum absolute atomic E-state index is 2.07. The first-order valence-electron chi connectivity index (χ1n) is 5.09. The van der Waals surface area contributed by atoms with Gasteiger partial charge in [0.25, 0.3) is 0 Å². The fourth-order valence-electron chi connectivity index (χ4n) is 1.07. The van der Waals surface area contributed by atoms with Gasteiger partial charge >= 0.3 is 21.6 Å². The zero-order chi connectivity index (χ0) is 17.9. The molecule has 0 spiro atoms. The molecule has 0 aliphatic heterocycles. The van der Waals surface area contributed by atoms with Gasteiger partial charge in [0.1, 0.15) is 18.3 Å². The monoisotopic (exact) mass is 372 g/mol. The van der Waals surface area contributed by atoms with Crippen molar-refractivity contribution in [3.63, 3.8) is 0 Å². The third-order valence-corrected chi connectivity index (χ3v) is 2.92. The van der Waals surface area contributed by atoms with E-state index in [0.717, 1.165) is 0 Å². The van der Waals surface area contributed by atoms with Crippen LogP contribution in [-0.4, -0.2) is 81.8 Å². The van der Waals surface area contributed by atoms with E-state index in [0.29, 0.717) is 0 Å². The van der Waals surface area contributed by atoms with Gasteiger partial charge in [0, 0.05) is 0 Å². The topological polar surface area (TPSA) is 252 Å². The number of hydrogen-bond acceptors (Lipinski definition) is 10. The summed E-state index contributed by atoms with van der Waals surface area (Å²) in [7, 11) is -10.6. The number of carbonyl (C=O) groups excluding carboxylic acids is 1. The first kappa shape index (κ1) is 21.5. The molecule has 1 unspecified atom stereocenters. The molecule has 0 heterocycles. The van der Waals surface area contributed by atoms with Crippen LogP contribution in [0.5, 0.6) is 0 Å². The Bertz CT molecular complexity index is 466. The fraction of sp³-hybridized carbons (Fsp3) is 0.833. The van der Waals surface area contributed by atoms with Crippen molar-refractivity contribution in [2.75, 3.05) is 0 Å². The Morgan fingerprint density at radius 2 is 1.23 bits per heavy atom. The van der Waals surface area contributed by atoms with Gasteiger partial charge in [0.2, 0.25) is 0 Å². The molecule has 5 atom stereocenters. The zero-order valence-corrected chi connectivity index (χ0v) is 12.1. The Kier molecular flexibility index (Phi) is 7.71.